The molecule has 2 heterocycles. The van der Waals surface area contributed by atoms with Gasteiger partial charge in [0.25, 0.3) is 5.56 Å². The van der Waals surface area contributed by atoms with Crippen LogP contribution in [-0.2, 0) is 11.2 Å². The SMILES string of the molecule is [N-]=[N+]=Nc1ccc(NC(=O)[C@@H]2CSc3c(C4CC4)c(Cc4cccc5ccccc45)cc(=O)n32)cc1. The molecule has 2 aliphatic rings. The van der Waals surface area contributed by atoms with Gasteiger partial charge >= 0.3 is 0 Å². The largest absolute Gasteiger partial charge is 0.324 e. The molecule has 0 spiro atoms. The fourth-order valence-corrected chi connectivity index (χ4v) is 6.45. The van der Waals surface area contributed by atoms with E-state index in [2.05, 4.69) is 51.7 Å². The van der Waals surface area contributed by atoms with Crippen LogP contribution in [0.4, 0.5) is 11.4 Å². The van der Waals surface area contributed by atoms with Crippen molar-refractivity contribution in [3.63, 3.8) is 0 Å². The number of carbonyl (C=O) groups is 1. The van der Waals surface area contributed by atoms with Crippen molar-refractivity contribution in [1.29, 1.82) is 0 Å². The van der Waals surface area contributed by atoms with E-state index in [1.807, 2.05) is 6.07 Å². The van der Waals surface area contributed by atoms with Gasteiger partial charge in [-0.2, -0.15) is 0 Å². The average molecular weight is 494 g/mol. The molecule has 1 atom stereocenters. The number of aromatic nitrogens is 1. The lowest BCUT2D eigenvalue weighted by Crippen LogP contribution is -2.33. The van der Waals surface area contributed by atoms with Crippen LogP contribution in [-0.4, -0.2) is 16.2 Å². The fraction of sp³-hybridized carbons (Fsp3) is 0.214. The highest BCUT2D eigenvalue weighted by Crippen LogP contribution is 2.48. The Morgan fingerprint density at radius 1 is 1.06 bits per heavy atom. The van der Waals surface area contributed by atoms with Gasteiger partial charge in [0, 0.05) is 28.1 Å². The van der Waals surface area contributed by atoms with Gasteiger partial charge in [0.15, 0.2) is 0 Å². The van der Waals surface area contributed by atoms with Gasteiger partial charge in [0.05, 0.1) is 5.03 Å². The molecule has 3 aromatic carbocycles. The molecule has 8 heteroatoms. The minimum Gasteiger partial charge on any atom is -0.324 e. The maximum atomic E-state index is 13.4. The van der Waals surface area contributed by atoms with Gasteiger partial charge in [-0.25, -0.2) is 0 Å². The third kappa shape index (κ3) is 4.15. The number of amides is 1. The number of rotatable bonds is 6. The molecule has 0 saturated heterocycles. The summed E-state index contributed by atoms with van der Waals surface area (Å²) in [5, 5.41) is 9.81. The number of hydrogen-bond acceptors (Lipinski definition) is 4. The molecular formula is C28H23N5O2S. The van der Waals surface area contributed by atoms with E-state index in [4.69, 9.17) is 5.53 Å². The summed E-state index contributed by atoms with van der Waals surface area (Å²) in [6.07, 6.45) is 2.93. The van der Waals surface area contributed by atoms with Gasteiger partial charge in [-0.05, 0) is 70.3 Å². The number of fused-ring (bicyclic) bond motifs is 2. The Kier molecular flexibility index (Phi) is 5.76. The van der Waals surface area contributed by atoms with Gasteiger partial charge < -0.3 is 5.32 Å². The van der Waals surface area contributed by atoms with E-state index in [9.17, 15) is 9.59 Å². The monoisotopic (exact) mass is 493 g/mol. The van der Waals surface area contributed by atoms with Crippen molar-refractivity contribution in [2.75, 3.05) is 11.1 Å². The molecule has 0 unspecified atom stereocenters. The summed E-state index contributed by atoms with van der Waals surface area (Å²) in [5.41, 5.74) is 13.0. The van der Waals surface area contributed by atoms with E-state index in [1.54, 1.807) is 46.7 Å². The van der Waals surface area contributed by atoms with Crippen LogP contribution in [0.1, 0.15) is 41.5 Å². The standard InChI is InChI=1S/C28H23N5O2S/c29-32-31-22-12-10-21(11-13-22)30-27(35)24-16-36-28-26(18-8-9-18)20(15-25(34)33(24)28)14-19-6-3-5-17-4-1-2-7-23(17)19/h1-7,10-13,15,18,24H,8-9,14,16H2,(H,30,35)/t24-/m0/s1. The quantitative estimate of drug-likeness (QED) is 0.184. The van der Waals surface area contributed by atoms with Crippen molar-refractivity contribution in [1.82, 2.24) is 4.57 Å². The Hall–Kier alpha value is -4.00. The van der Waals surface area contributed by atoms with Crippen molar-refractivity contribution >= 4 is 39.8 Å². The Labute approximate surface area is 211 Å². The number of benzene rings is 3. The Morgan fingerprint density at radius 3 is 2.61 bits per heavy atom. The van der Waals surface area contributed by atoms with Crippen LogP contribution in [0.5, 0.6) is 0 Å². The molecule has 1 N–H and O–H groups in total. The lowest BCUT2D eigenvalue weighted by Gasteiger charge is -2.18. The lowest BCUT2D eigenvalue weighted by molar-refractivity contribution is -0.118. The number of azide groups is 1. The number of nitrogens with zero attached hydrogens (tertiary/aromatic N) is 4. The molecule has 1 aliphatic carbocycles. The van der Waals surface area contributed by atoms with E-state index in [1.165, 1.54) is 21.9 Å². The maximum absolute atomic E-state index is 13.4. The topological polar surface area (TPSA) is 99.9 Å². The molecule has 1 aliphatic heterocycles. The molecule has 1 aromatic heterocycles. The third-order valence-electron chi connectivity index (χ3n) is 6.86. The first-order valence-corrected chi connectivity index (χ1v) is 12.9. The van der Waals surface area contributed by atoms with Crippen molar-refractivity contribution in [2.24, 2.45) is 5.11 Å². The first-order valence-electron chi connectivity index (χ1n) is 12.0. The zero-order chi connectivity index (χ0) is 24.6. The first kappa shape index (κ1) is 22.5. The summed E-state index contributed by atoms with van der Waals surface area (Å²) >= 11 is 1.61. The van der Waals surface area contributed by atoms with Gasteiger partial charge in [0.2, 0.25) is 5.91 Å². The predicted molar refractivity (Wildman–Crippen MR) is 143 cm³/mol. The third-order valence-corrected chi connectivity index (χ3v) is 8.04. The number of thioether (sulfide) groups is 1. The number of carbonyl (C=O) groups excluding carboxylic acids is 1. The van der Waals surface area contributed by atoms with Gasteiger partial charge in [-0.15, -0.1) is 11.8 Å². The normalized spacial score (nSPS) is 16.4. The minimum atomic E-state index is -0.571. The van der Waals surface area contributed by atoms with Crippen LogP contribution >= 0.6 is 11.8 Å². The molecule has 6 rings (SSSR count). The number of nitrogens with one attached hydrogen (secondary N) is 1. The summed E-state index contributed by atoms with van der Waals surface area (Å²) < 4.78 is 1.69. The second kappa shape index (κ2) is 9.22. The molecule has 4 aromatic rings. The number of pyridine rings is 1. The summed E-state index contributed by atoms with van der Waals surface area (Å²) in [7, 11) is 0. The molecule has 36 heavy (non-hydrogen) atoms. The smallest absolute Gasteiger partial charge is 0.252 e. The van der Waals surface area contributed by atoms with Crippen LogP contribution < -0.4 is 10.9 Å². The average Bonchev–Trinajstić information content (AvgIpc) is 3.62. The van der Waals surface area contributed by atoms with Crippen molar-refractivity contribution < 1.29 is 4.79 Å². The highest BCUT2D eigenvalue weighted by Gasteiger charge is 2.37. The Bertz CT molecular complexity index is 1600. The lowest BCUT2D eigenvalue weighted by atomic mass is 9.95. The van der Waals surface area contributed by atoms with Crippen LogP contribution in [0.3, 0.4) is 0 Å². The van der Waals surface area contributed by atoms with Crippen molar-refractivity contribution in [3.8, 4) is 0 Å². The predicted octanol–water partition coefficient (Wildman–Crippen LogP) is 6.70. The Morgan fingerprint density at radius 2 is 1.83 bits per heavy atom. The van der Waals surface area contributed by atoms with Gasteiger partial charge in [-0.1, -0.05) is 59.7 Å². The summed E-state index contributed by atoms with van der Waals surface area (Å²) in [6.45, 7) is 0. The molecule has 7 nitrogen and oxygen atoms in total. The second-order valence-corrected chi connectivity index (χ2v) is 10.2. The van der Waals surface area contributed by atoms with Crippen LogP contribution in [0, 0.1) is 0 Å². The molecule has 1 saturated carbocycles. The molecule has 0 radical (unpaired) electrons. The Balaban J connectivity index is 1.33. The summed E-state index contributed by atoms with van der Waals surface area (Å²) in [4.78, 5) is 29.3. The first-order chi connectivity index (χ1) is 17.6. The zero-order valence-corrected chi connectivity index (χ0v) is 20.2. The van der Waals surface area contributed by atoms with Gasteiger partial charge in [-0.3, -0.25) is 14.2 Å². The molecular weight excluding hydrogens is 470 g/mol. The zero-order valence-electron chi connectivity index (χ0n) is 19.4. The molecule has 0 bridgehead atoms. The number of hydrogen-bond donors (Lipinski definition) is 1. The number of anilines is 1. The fourth-order valence-electron chi connectivity index (χ4n) is 5.03. The van der Waals surface area contributed by atoms with Crippen molar-refractivity contribution in [3.05, 3.63) is 110 Å². The maximum Gasteiger partial charge on any atom is 0.252 e. The van der Waals surface area contributed by atoms with E-state index < -0.39 is 6.04 Å². The van der Waals surface area contributed by atoms with Crippen LogP contribution in [0.2, 0.25) is 0 Å². The van der Waals surface area contributed by atoms with Crippen molar-refractivity contribution in [2.45, 2.75) is 36.2 Å². The second-order valence-electron chi connectivity index (χ2n) is 9.24. The van der Waals surface area contributed by atoms with Crippen LogP contribution in [0.15, 0.2) is 87.7 Å². The minimum absolute atomic E-state index is 0.131. The van der Waals surface area contributed by atoms with Gasteiger partial charge in [0.1, 0.15) is 6.04 Å². The highest BCUT2D eigenvalue weighted by molar-refractivity contribution is 7.99. The van der Waals surface area contributed by atoms with E-state index in [-0.39, 0.29) is 11.5 Å². The summed E-state index contributed by atoms with van der Waals surface area (Å²) in [5.74, 6) is 0.748. The molecule has 178 valence electrons. The molecule has 1 amide bonds. The van der Waals surface area contributed by atoms with E-state index in [0.717, 1.165) is 23.4 Å². The summed E-state index contributed by atoms with van der Waals surface area (Å²) in [6, 6.07) is 22.5. The van der Waals surface area contributed by atoms with E-state index >= 15 is 0 Å². The van der Waals surface area contributed by atoms with Crippen LogP contribution in [0.25, 0.3) is 21.2 Å². The molecule has 1 fully saturated rings. The highest BCUT2D eigenvalue weighted by atomic mass is 32.2. The van der Waals surface area contributed by atoms with E-state index in [0.29, 0.717) is 29.5 Å².